The number of nitrogens with one attached hydrogen (secondary N) is 1. The van der Waals surface area contributed by atoms with Crippen LogP contribution >= 0.6 is 22.7 Å². The van der Waals surface area contributed by atoms with Crippen LogP contribution in [0.25, 0.3) is 11.4 Å². The average Bonchev–Trinajstić information content (AvgIpc) is 3.05. The highest BCUT2D eigenvalue weighted by molar-refractivity contribution is 7.13. The predicted octanol–water partition coefficient (Wildman–Crippen LogP) is 2.24. The van der Waals surface area contributed by atoms with Crippen LogP contribution in [0.15, 0.2) is 15.8 Å². The Bertz CT molecular complexity index is 728. The molecule has 2 aromatic rings. The zero-order valence-corrected chi connectivity index (χ0v) is 15.3. The lowest BCUT2D eigenvalue weighted by Gasteiger charge is -2.19. The molecule has 0 aromatic carbocycles. The van der Waals surface area contributed by atoms with Gasteiger partial charge in [-0.1, -0.05) is 0 Å². The van der Waals surface area contributed by atoms with Crippen molar-refractivity contribution in [2.45, 2.75) is 32.8 Å². The molecule has 2 heterocycles. The van der Waals surface area contributed by atoms with E-state index in [4.69, 9.17) is 16.2 Å². The Kier molecular flexibility index (Phi) is 5.73. The molecule has 5 N–H and O–H groups in total. The fourth-order valence-corrected chi connectivity index (χ4v) is 3.16. The third-order valence-corrected chi connectivity index (χ3v) is 4.18. The highest BCUT2D eigenvalue weighted by Gasteiger charge is 2.16. The van der Waals surface area contributed by atoms with E-state index in [0.29, 0.717) is 18.1 Å². The van der Waals surface area contributed by atoms with E-state index in [0.717, 1.165) is 16.4 Å². The summed E-state index contributed by atoms with van der Waals surface area (Å²) >= 11 is 2.85. The van der Waals surface area contributed by atoms with Gasteiger partial charge in [-0.15, -0.1) is 22.7 Å². The smallest absolute Gasteiger partial charge is 0.407 e. The summed E-state index contributed by atoms with van der Waals surface area (Å²) in [5.74, 6) is -0.0249. The Hall–Kier alpha value is -2.20. The molecule has 130 valence electrons. The molecule has 0 saturated carbocycles. The summed E-state index contributed by atoms with van der Waals surface area (Å²) in [6.07, 6.45) is 0.190. The largest absolute Gasteiger partial charge is 0.444 e. The normalized spacial score (nSPS) is 11.1. The number of nitrogens with zero attached hydrogens (tertiary/aromatic N) is 3. The average molecular weight is 368 g/mol. The van der Waals surface area contributed by atoms with Crippen molar-refractivity contribution in [2.75, 3.05) is 6.54 Å². The Labute approximate surface area is 148 Å². The summed E-state index contributed by atoms with van der Waals surface area (Å²) in [6, 6.07) is 0. The molecule has 0 radical (unpaired) electrons. The van der Waals surface area contributed by atoms with Gasteiger partial charge >= 0.3 is 6.09 Å². The van der Waals surface area contributed by atoms with E-state index < -0.39 is 11.7 Å². The number of ether oxygens (including phenoxy) is 1. The number of alkyl carbamates (subject to hydrolysis) is 1. The highest BCUT2D eigenvalue weighted by Crippen LogP contribution is 2.27. The van der Waals surface area contributed by atoms with E-state index in [2.05, 4.69) is 20.3 Å². The molecule has 8 nitrogen and oxygen atoms in total. The summed E-state index contributed by atoms with van der Waals surface area (Å²) in [6.45, 7) is 5.93. The number of rotatable bonds is 5. The first-order valence-electron chi connectivity index (χ1n) is 7.20. The number of carbonyl (C=O) groups excluding carboxylic acids is 1. The van der Waals surface area contributed by atoms with Crippen LogP contribution < -0.4 is 16.8 Å². The molecule has 0 aliphatic carbocycles. The van der Waals surface area contributed by atoms with Gasteiger partial charge in [-0.05, 0) is 20.8 Å². The van der Waals surface area contributed by atoms with Gasteiger partial charge in [-0.25, -0.2) is 14.8 Å². The molecule has 0 spiro atoms. The van der Waals surface area contributed by atoms with E-state index in [-0.39, 0.29) is 5.96 Å². The Morgan fingerprint density at radius 1 is 1.25 bits per heavy atom. The van der Waals surface area contributed by atoms with Crippen LogP contribution in [0.3, 0.4) is 0 Å². The maximum Gasteiger partial charge on any atom is 0.407 e. The van der Waals surface area contributed by atoms with Gasteiger partial charge in [-0.2, -0.15) is 4.99 Å². The van der Waals surface area contributed by atoms with E-state index in [1.54, 1.807) is 0 Å². The first kappa shape index (κ1) is 18.1. The summed E-state index contributed by atoms with van der Waals surface area (Å²) in [4.78, 5) is 24.3. The van der Waals surface area contributed by atoms with Crippen LogP contribution in [0.1, 0.15) is 25.8 Å². The van der Waals surface area contributed by atoms with Gasteiger partial charge in [0, 0.05) is 23.7 Å². The number of aromatic nitrogens is 2. The number of thiazole rings is 2. The second kappa shape index (κ2) is 7.58. The number of guanidine groups is 1. The molecule has 0 fully saturated rings. The Morgan fingerprint density at radius 2 is 1.92 bits per heavy atom. The van der Waals surface area contributed by atoms with Gasteiger partial charge in [-0.3, -0.25) is 0 Å². The summed E-state index contributed by atoms with van der Waals surface area (Å²) in [7, 11) is 0. The molecule has 0 aliphatic heterocycles. The van der Waals surface area contributed by atoms with Gasteiger partial charge < -0.3 is 21.5 Å². The zero-order valence-electron chi connectivity index (χ0n) is 13.7. The fourth-order valence-electron chi connectivity index (χ4n) is 1.67. The first-order valence-corrected chi connectivity index (χ1v) is 8.95. The number of amides is 1. The topological polar surface area (TPSA) is 129 Å². The highest BCUT2D eigenvalue weighted by atomic mass is 32.1. The van der Waals surface area contributed by atoms with E-state index >= 15 is 0 Å². The van der Waals surface area contributed by atoms with Gasteiger partial charge in [0.2, 0.25) is 5.13 Å². The summed E-state index contributed by atoms with van der Waals surface area (Å²) in [5, 5.41) is 7.86. The number of hydrogen-bond donors (Lipinski definition) is 3. The number of hydrogen-bond acceptors (Lipinski definition) is 7. The minimum absolute atomic E-state index is 0.0249. The molecule has 0 unspecified atom stereocenters. The van der Waals surface area contributed by atoms with Crippen molar-refractivity contribution in [1.82, 2.24) is 15.3 Å². The molecule has 2 aromatic heterocycles. The summed E-state index contributed by atoms with van der Waals surface area (Å²) in [5.41, 5.74) is 11.6. The lowest BCUT2D eigenvalue weighted by atomic mass is 10.2. The molecule has 24 heavy (non-hydrogen) atoms. The first-order chi connectivity index (χ1) is 11.2. The molecule has 0 saturated heterocycles. The van der Waals surface area contributed by atoms with E-state index in [1.165, 1.54) is 22.7 Å². The number of aliphatic imine (C=N–C) groups is 1. The van der Waals surface area contributed by atoms with E-state index in [1.807, 2.05) is 31.5 Å². The van der Waals surface area contributed by atoms with Crippen LogP contribution in [0.2, 0.25) is 0 Å². The third kappa shape index (κ3) is 5.78. The zero-order chi connectivity index (χ0) is 17.7. The molecule has 0 aliphatic rings. The third-order valence-electron chi connectivity index (χ3n) is 2.54. The van der Waals surface area contributed by atoms with E-state index in [9.17, 15) is 4.79 Å². The van der Waals surface area contributed by atoms with Crippen molar-refractivity contribution < 1.29 is 9.53 Å². The van der Waals surface area contributed by atoms with Crippen LogP contribution in [-0.4, -0.2) is 34.2 Å². The standard InChI is InChI=1S/C14H20N6O2S2/c1-14(2,3)22-13(21)17-5-4-10-18-8(6-23-10)9-7-24-12(19-9)20-11(15)16/h6-7H,4-5H2,1-3H3,(H,17,21)(H4,15,16,19,20). The van der Waals surface area contributed by atoms with Crippen molar-refractivity contribution in [3.05, 3.63) is 15.8 Å². The number of nitrogens with two attached hydrogens (primary N) is 2. The van der Waals surface area contributed by atoms with Crippen molar-refractivity contribution >= 4 is 39.9 Å². The van der Waals surface area contributed by atoms with Crippen molar-refractivity contribution in [3.63, 3.8) is 0 Å². The molecular weight excluding hydrogens is 348 g/mol. The van der Waals surface area contributed by atoms with Crippen molar-refractivity contribution in [3.8, 4) is 11.4 Å². The van der Waals surface area contributed by atoms with Crippen LogP contribution in [0.5, 0.6) is 0 Å². The molecule has 0 atom stereocenters. The predicted molar refractivity (Wildman–Crippen MR) is 96.6 cm³/mol. The van der Waals surface area contributed by atoms with Gasteiger partial charge in [0.25, 0.3) is 0 Å². The van der Waals surface area contributed by atoms with Crippen molar-refractivity contribution in [2.24, 2.45) is 16.5 Å². The van der Waals surface area contributed by atoms with Gasteiger partial charge in [0.15, 0.2) is 5.96 Å². The second-order valence-electron chi connectivity index (χ2n) is 5.86. The minimum atomic E-state index is -0.504. The molecular formula is C14H20N6O2S2. The quantitative estimate of drug-likeness (QED) is 0.548. The second-order valence-corrected chi connectivity index (χ2v) is 7.64. The fraction of sp³-hybridized carbons (Fsp3) is 0.429. The minimum Gasteiger partial charge on any atom is -0.444 e. The van der Waals surface area contributed by atoms with Crippen LogP contribution in [0, 0.1) is 0 Å². The Morgan fingerprint density at radius 3 is 2.58 bits per heavy atom. The van der Waals surface area contributed by atoms with Crippen molar-refractivity contribution in [1.29, 1.82) is 0 Å². The monoisotopic (exact) mass is 368 g/mol. The van der Waals surface area contributed by atoms with Gasteiger partial charge in [0.05, 0.1) is 5.01 Å². The molecule has 2 rings (SSSR count). The Balaban J connectivity index is 1.88. The van der Waals surface area contributed by atoms with Crippen LogP contribution in [-0.2, 0) is 11.2 Å². The van der Waals surface area contributed by atoms with Gasteiger partial charge in [0.1, 0.15) is 17.0 Å². The maximum absolute atomic E-state index is 11.6. The number of carbonyl (C=O) groups is 1. The molecule has 10 heteroatoms. The molecule has 0 bridgehead atoms. The SMILES string of the molecule is CC(C)(C)OC(=O)NCCc1nc(-c2csc(N=C(N)N)n2)cs1. The lowest BCUT2D eigenvalue weighted by molar-refractivity contribution is 0.0528. The summed E-state index contributed by atoms with van der Waals surface area (Å²) < 4.78 is 5.18. The molecule has 1 amide bonds. The van der Waals surface area contributed by atoms with Crippen LogP contribution in [0.4, 0.5) is 9.93 Å². The lowest BCUT2D eigenvalue weighted by Crippen LogP contribution is -2.33. The maximum atomic E-state index is 11.6.